The first-order valence-corrected chi connectivity index (χ1v) is 16.1. The van der Waals surface area contributed by atoms with Crippen LogP contribution in [-0.4, -0.2) is 66.2 Å². The lowest BCUT2D eigenvalue weighted by Gasteiger charge is -2.36. The van der Waals surface area contributed by atoms with Gasteiger partial charge in [0.15, 0.2) is 0 Å². The highest BCUT2D eigenvalue weighted by Crippen LogP contribution is 2.34. The number of carbonyl (C=O) groups excluding carboxylic acids is 1. The molecule has 0 unspecified atom stereocenters. The van der Waals surface area contributed by atoms with Crippen LogP contribution in [0.25, 0.3) is 28.2 Å². The molecule has 0 bridgehead atoms. The maximum Gasteiger partial charge on any atom is 0.270 e. The molecule has 220 valence electrons. The molecule has 0 aliphatic carbocycles. The zero-order chi connectivity index (χ0) is 30.1. The second-order valence-electron chi connectivity index (χ2n) is 10.6. The van der Waals surface area contributed by atoms with Crippen molar-refractivity contribution in [2.75, 3.05) is 42.1 Å². The van der Waals surface area contributed by atoms with Gasteiger partial charge >= 0.3 is 0 Å². The van der Waals surface area contributed by atoms with E-state index in [4.69, 9.17) is 11.6 Å². The lowest BCUT2D eigenvalue weighted by atomic mass is 10.1. The van der Waals surface area contributed by atoms with E-state index in [2.05, 4.69) is 19.6 Å². The van der Waals surface area contributed by atoms with Crippen molar-refractivity contribution in [1.29, 1.82) is 0 Å². The first-order chi connectivity index (χ1) is 20.7. The van der Waals surface area contributed by atoms with Crippen LogP contribution in [0.3, 0.4) is 0 Å². The molecular formula is C32H31ClN6O3S. The van der Waals surface area contributed by atoms with Gasteiger partial charge in [-0.1, -0.05) is 66.2 Å². The SMILES string of the molecule is Cc1c(C(=O)N2CCN(c3ccccc3NS(C)(=O)=O)CC2)[nH]c(-c2ccc(Cl)cc2)c1-n1cnc(-c2ccccc2)c1. The number of nitrogens with one attached hydrogen (secondary N) is 2. The van der Waals surface area contributed by atoms with Crippen molar-refractivity contribution >= 4 is 38.9 Å². The minimum Gasteiger partial charge on any atom is -0.366 e. The van der Waals surface area contributed by atoms with Gasteiger partial charge < -0.3 is 19.4 Å². The minimum absolute atomic E-state index is 0.0930. The number of sulfonamides is 1. The average molecular weight is 615 g/mol. The summed E-state index contributed by atoms with van der Waals surface area (Å²) in [4.78, 5) is 26.0. The zero-order valence-electron chi connectivity index (χ0n) is 23.8. The van der Waals surface area contributed by atoms with E-state index in [0.29, 0.717) is 42.6 Å². The second-order valence-corrected chi connectivity index (χ2v) is 12.7. The number of hydrogen-bond acceptors (Lipinski definition) is 5. The summed E-state index contributed by atoms with van der Waals surface area (Å²) in [5, 5.41) is 0.630. The van der Waals surface area contributed by atoms with Gasteiger partial charge in [-0.3, -0.25) is 9.52 Å². The number of imidazole rings is 1. The number of carbonyl (C=O) groups is 1. The van der Waals surface area contributed by atoms with Crippen LogP contribution in [0.2, 0.25) is 5.02 Å². The second kappa shape index (κ2) is 11.6. The molecule has 1 aliphatic rings. The number of amides is 1. The average Bonchev–Trinajstić information content (AvgIpc) is 3.62. The van der Waals surface area contributed by atoms with Crippen LogP contribution < -0.4 is 9.62 Å². The smallest absolute Gasteiger partial charge is 0.270 e. The molecule has 5 aromatic rings. The van der Waals surface area contributed by atoms with Crippen LogP contribution in [0.15, 0.2) is 91.4 Å². The number of para-hydroxylation sites is 2. The number of piperazine rings is 1. The predicted molar refractivity (Wildman–Crippen MR) is 172 cm³/mol. The van der Waals surface area contributed by atoms with Crippen molar-refractivity contribution in [2.24, 2.45) is 0 Å². The molecule has 1 aliphatic heterocycles. The Morgan fingerprint density at radius 3 is 2.28 bits per heavy atom. The van der Waals surface area contributed by atoms with E-state index >= 15 is 0 Å². The summed E-state index contributed by atoms with van der Waals surface area (Å²) >= 11 is 6.19. The summed E-state index contributed by atoms with van der Waals surface area (Å²) in [6.07, 6.45) is 4.88. The first kappa shape index (κ1) is 28.6. The maximum atomic E-state index is 14.0. The van der Waals surface area contributed by atoms with Crippen molar-refractivity contribution < 1.29 is 13.2 Å². The Bertz CT molecular complexity index is 1880. The van der Waals surface area contributed by atoms with E-state index in [0.717, 1.165) is 45.7 Å². The summed E-state index contributed by atoms with van der Waals surface area (Å²) in [6, 6.07) is 24.8. The molecule has 0 spiro atoms. The molecule has 1 saturated heterocycles. The molecule has 9 nitrogen and oxygen atoms in total. The number of hydrogen-bond donors (Lipinski definition) is 2. The van der Waals surface area contributed by atoms with Crippen LogP contribution in [0.4, 0.5) is 11.4 Å². The molecule has 1 amide bonds. The largest absolute Gasteiger partial charge is 0.366 e. The summed E-state index contributed by atoms with van der Waals surface area (Å²) in [7, 11) is -3.43. The van der Waals surface area contributed by atoms with Crippen LogP contribution >= 0.6 is 11.6 Å². The first-order valence-electron chi connectivity index (χ1n) is 13.9. The Balaban J connectivity index is 1.29. The van der Waals surface area contributed by atoms with E-state index in [1.807, 2.05) is 89.3 Å². The van der Waals surface area contributed by atoms with Gasteiger partial charge in [0.05, 0.1) is 41.0 Å². The van der Waals surface area contributed by atoms with E-state index < -0.39 is 10.0 Å². The van der Waals surface area contributed by atoms with Gasteiger partial charge in [-0.2, -0.15) is 0 Å². The molecule has 2 N–H and O–H groups in total. The molecule has 1 fully saturated rings. The Morgan fingerprint density at radius 1 is 0.907 bits per heavy atom. The third-order valence-corrected chi connectivity index (χ3v) is 8.42. The molecule has 11 heteroatoms. The van der Waals surface area contributed by atoms with Crippen molar-refractivity contribution in [1.82, 2.24) is 19.4 Å². The van der Waals surface area contributed by atoms with E-state index in [1.54, 1.807) is 18.5 Å². The van der Waals surface area contributed by atoms with Crippen LogP contribution in [0.5, 0.6) is 0 Å². The topological polar surface area (TPSA) is 103 Å². The lowest BCUT2D eigenvalue weighted by Crippen LogP contribution is -2.49. The Hall–Kier alpha value is -4.54. The standard InChI is InChI=1S/C32H31ClN6O3S/c1-22-29(32(40)38-18-16-37(17-19-38)28-11-7-6-10-26(28)36-43(2,41)42)35-30(24-12-14-25(33)15-13-24)31(22)39-20-27(34-21-39)23-8-4-3-5-9-23/h3-15,20-21,35-36H,16-19H2,1-2H3. The summed E-state index contributed by atoms with van der Waals surface area (Å²) in [6.45, 7) is 4.04. The van der Waals surface area contributed by atoms with Gasteiger partial charge in [0.2, 0.25) is 10.0 Å². The third-order valence-electron chi connectivity index (χ3n) is 7.58. The van der Waals surface area contributed by atoms with Crippen molar-refractivity contribution in [3.63, 3.8) is 0 Å². The summed E-state index contributed by atoms with van der Waals surface area (Å²) in [5.74, 6) is -0.0930. The van der Waals surface area contributed by atoms with Gasteiger partial charge in [-0.15, -0.1) is 0 Å². The number of rotatable bonds is 7. The summed E-state index contributed by atoms with van der Waals surface area (Å²) < 4.78 is 28.3. The molecule has 3 heterocycles. The highest BCUT2D eigenvalue weighted by Gasteiger charge is 2.28. The third kappa shape index (κ3) is 6.02. The van der Waals surface area contributed by atoms with E-state index in [1.165, 1.54) is 0 Å². The number of benzene rings is 3. The fourth-order valence-corrected chi connectivity index (χ4v) is 6.19. The number of H-pyrrole nitrogens is 1. The molecule has 6 rings (SSSR count). The van der Waals surface area contributed by atoms with Crippen LogP contribution in [-0.2, 0) is 10.0 Å². The zero-order valence-corrected chi connectivity index (χ0v) is 25.4. The molecule has 2 aromatic heterocycles. The van der Waals surface area contributed by atoms with Gasteiger partial charge in [-0.25, -0.2) is 13.4 Å². The molecule has 0 atom stereocenters. The highest BCUT2D eigenvalue weighted by molar-refractivity contribution is 7.92. The quantitative estimate of drug-likeness (QED) is 0.240. The van der Waals surface area contributed by atoms with E-state index in [-0.39, 0.29) is 5.91 Å². The number of halogens is 1. The Labute approximate surface area is 255 Å². The molecule has 43 heavy (non-hydrogen) atoms. The van der Waals surface area contributed by atoms with Crippen LogP contribution in [0.1, 0.15) is 16.1 Å². The van der Waals surface area contributed by atoms with Crippen molar-refractivity contribution in [3.8, 4) is 28.2 Å². The minimum atomic E-state index is -3.43. The molecule has 0 saturated carbocycles. The van der Waals surface area contributed by atoms with Crippen LogP contribution in [0, 0.1) is 6.92 Å². The van der Waals surface area contributed by atoms with Crippen molar-refractivity contribution in [2.45, 2.75) is 6.92 Å². The maximum absolute atomic E-state index is 14.0. The highest BCUT2D eigenvalue weighted by atomic mass is 35.5. The van der Waals surface area contributed by atoms with Gasteiger partial charge in [0.25, 0.3) is 5.91 Å². The Kier molecular flexibility index (Phi) is 7.72. The summed E-state index contributed by atoms with van der Waals surface area (Å²) in [5.41, 5.74) is 7.03. The normalized spacial score (nSPS) is 13.7. The molecular weight excluding hydrogens is 584 g/mol. The molecule has 3 aromatic carbocycles. The van der Waals surface area contributed by atoms with Gasteiger partial charge in [-0.05, 0) is 31.2 Å². The fraction of sp³-hybridized carbons (Fsp3) is 0.188. The fourth-order valence-electron chi connectivity index (χ4n) is 5.49. The number of anilines is 2. The monoisotopic (exact) mass is 614 g/mol. The van der Waals surface area contributed by atoms with Gasteiger partial charge in [0, 0.05) is 54.1 Å². The van der Waals surface area contributed by atoms with Gasteiger partial charge in [0.1, 0.15) is 5.69 Å². The van der Waals surface area contributed by atoms with Crippen molar-refractivity contribution in [3.05, 3.63) is 108 Å². The lowest BCUT2D eigenvalue weighted by molar-refractivity contribution is 0.0741. The number of aromatic amines is 1. The Morgan fingerprint density at radius 2 is 1.58 bits per heavy atom. The predicted octanol–water partition coefficient (Wildman–Crippen LogP) is 5.83. The number of nitrogens with zero attached hydrogens (tertiary/aromatic N) is 4. The number of aromatic nitrogens is 3. The molecule has 0 radical (unpaired) electrons. The van der Waals surface area contributed by atoms with E-state index in [9.17, 15) is 13.2 Å².